The Morgan fingerprint density at radius 2 is 0.754 bits per heavy atom. The molecule has 0 bridgehead atoms. The first-order valence-electron chi connectivity index (χ1n) is 18.0. The zero-order chi connectivity index (χ0) is 39.0. The van der Waals surface area contributed by atoms with Crippen molar-refractivity contribution in [3.8, 4) is 11.3 Å². The zero-order valence-corrected chi connectivity index (χ0v) is 38.8. The van der Waals surface area contributed by atoms with Crippen LogP contribution in [0.1, 0.15) is 0 Å². The zero-order valence-electron chi connectivity index (χ0n) is 30.6. The van der Waals surface area contributed by atoms with Gasteiger partial charge in [-0.25, -0.2) is 0 Å². The van der Waals surface area contributed by atoms with Crippen molar-refractivity contribution in [1.29, 1.82) is 0 Å². The van der Waals surface area contributed by atoms with Gasteiger partial charge in [-0.15, -0.1) is 12.1 Å². The van der Waals surface area contributed by atoms with Gasteiger partial charge in [0.2, 0.25) is 0 Å². The monoisotopic (exact) mass is 1190 g/mol. The van der Waals surface area contributed by atoms with E-state index in [1.807, 2.05) is 0 Å². The van der Waals surface area contributed by atoms with E-state index in [9.17, 15) is 8.78 Å². The van der Waals surface area contributed by atoms with Crippen molar-refractivity contribution in [3.05, 3.63) is 236 Å². The van der Waals surface area contributed by atoms with Crippen LogP contribution in [0.3, 0.4) is 0 Å². The molecule has 57 heavy (non-hydrogen) atoms. The molecular weight excluding hydrogens is 1150 g/mol. The summed E-state index contributed by atoms with van der Waals surface area (Å²) in [5, 5.41) is 9.44. The van der Waals surface area contributed by atoms with Gasteiger partial charge in [-0.1, -0.05) is 133 Å². The largest absolute Gasteiger partial charge is 0.276 e. The fourth-order valence-electron chi connectivity index (χ4n) is 6.79. The van der Waals surface area contributed by atoms with Crippen LogP contribution >= 0.6 is 33.0 Å². The summed E-state index contributed by atoms with van der Waals surface area (Å²) in [6.45, 7) is 0. The molecule has 0 aliphatic rings. The first kappa shape index (κ1) is 44.7. The molecule has 292 valence electrons. The molecule has 0 aliphatic carbocycles. The van der Waals surface area contributed by atoms with E-state index >= 15 is 0 Å². The molecule has 1 heterocycles. The minimum absolute atomic E-state index is 0. The van der Waals surface area contributed by atoms with Crippen molar-refractivity contribution in [2.75, 3.05) is 0 Å². The molecule has 1 aromatic heterocycles. The van der Waals surface area contributed by atoms with E-state index < -0.39 is 35.4 Å². The third-order valence-corrected chi connectivity index (χ3v) is 21.8. The van der Waals surface area contributed by atoms with Crippen LogP contribution in [0.5, 0.6) is 0 Å². The SMILES string of the molecule is Fc1c[c-]c(-c2ccccn2)c(F)c1.[Cl][Au].[Pt].c1ccc([PH+](c2ccccc2)C([PH+](c2ccccc2)c2ccccc2)[PH+](c2ccccc2)c2ccccc2)cc1. The molecule has 0 aliphatic heterocycles. The maximum absolute atomic E-state index is 13.2. The topological polar surface area (TPSA) is 12.9 Å². The van der Waals surface area contributed by atoms with Crippen molar-refractivity contribution >= 4 is 64.8 Å². The predicted molar refractivity (Wildman–Crippen MR) is 239 cm³/mol. The molecule has 8 aromatic rings. The first-order valence-corrected chi connectivity index (χ1v) is 25.4. The molecule has 0 N–H and O–H groups in total. The Hall–Kier alpha value is -3.44. The number of hydrogen-bond acceptors (Lipinski definition) is 1. The molecule has 0 atom stereocenters. The van der Waals surface area contributed by atoms with Gasteiger partial charge in [-0.05, 0) is 84.6 Å². The number of halogens is 3. The minimum Gasteiger partial charge on any atom is -0.0620 e. The molecule has 9 heteroatoms. The molecule has 0 spiro atoms. The van der Waals surface area contributed by atoms with Gasteiger partial charge in [0.15, 0.2) is 0 Å². The maximum atomic E-state index is 13.2. The van der Waals surface area contributed by atoms with Crippen molar-refractivity contribution in [2.45, 2.75) is 5.14 Å². The number of pyridine rings is 1. The van der Waals surface area contributed by atoms with E-state index in [1.165, 1.54) is 31.8 Å². The quantitative estimate of drug-likeness (QED) is 0.0756. The summed E-state index contributed by atoms with van der Waals surface area (Å²) in [5.74, 6) is -1.29. The van der Waals surface area contributed by atoms with Crippen molar-refractivity contribution < 1.29 is 49.8 Å². The normalized spacial score (nSPS) is 10.6. The summed E-state index contributed by atoms with van der Waals surface area (Å²) < 4.78 is 25.8. The number of hydrogen-bond donors (Lipinski definition) is 0. The van der Waals surface area contributed by atoms with E-state index in [0.717, 1.165) is 12.1 Å². The van der Waals surface area contributed by atoms with Crippen LogP contribution in [0.25, 0.3) is 11.3 Å². The third-order valence-electron chi connectivity index (χ3n) is 9.15. The second-order valence-corrected chi connectivity index (χ2v) is 22.0. The molecule has 8 rings (SSSR count). The van der Waals surface area contributed by atoms with Gasteiger partial charge in [0.1, 0.15) is 55.6 Å². The van der Waals surface area contributed by atoms with Crippen LogP contribution in [0.2, 0.25) is 0 Å². The van der Waals surface area contributed by atoms with Crippen molar-refractivity contribution in [1.82, 2.24) is 4.98 Å². The summed E-state index contributed by atoms with van der Waals surface area (Å²) in [6, 6.07) is 77.9. The predicted octanol–water partition coefficient (Wildman–Crippen LogP) is 10.4. The van der Waals surface area contributed by atoms with Crippen LogP contribution in [-0.2, 0) is 41.1 Å². The minimum atomic E-state index is -1.23. The van der Waals surface area contributed by atoms with Crippen molar-refractivity contribution in [3.63, 3.8) is 0 Å². The molecule has 0 radical (unpaired) electrons. The number of benzene rings is 7. The Balaban J connectivity index is 0.000000306. The van der Waals surface area contributed by atoms with Crippen LogP contribution in [0.15, 0.2) is 219 Å². The number of nitrogens with zero attached hydrogens (tertiary/aromatic N) is 1. The molecule has 1 nitrogen and oxygen atoms in total. The Morgan fingerprint density at radius 3 is 1.02 bits per heavy atom. The van der Waals surface area contributed by atoms with Gasteiger partial charge in [0.25, 0.3) is 5.14 Å². The summed E-state index contributed by atoms with van der Waals surface area (Å²) in [4.78, 5) is 3.95. The number of aromatic nitrogens is 1. The van der Waals surface area contributed by atoms with E-state index in [1.54, 1.807) is 44.4 Å². The smallest absolute Gasteiger partial charge is 0.0620 e. The average Bonchev–Trinajstić information content (AvgIpc) is 3.27. The fourth-order valence-corrected chi connectivity index (χ4v) is 22.6. The molecule has 0 saturated heterocycles. The van der Waals surface area contributed by atoms with Gasteiger partial charge >= 0.3 is 29.2 Å². The molecule has 0 fully saturated rings. The summed E-state index contributed by atoms with van der Waals surface area (Å²) in [6.07, 6.45) is 1.55. The Labute approximate surface area is 369 Å². The van der Waals surface area contributed by atoms with E-state index in [4.69, 9.17) is 0 Å². The molecule has 0 amide bonds. The van der Waals surface area contributed by atoms with Gasteiger partial charge < -0.3 is 4.98 Å². The Bertz CT molecular complexity index is 2010. The van der Waals surface area contributed by atoms with Crippen LogP contribution in [-0.4, -0.2) is 10.1 Å². The number of rotatable bonds is 10. The molecule has 0 saturated carbocycles. The fraction of sp³-hybridized carbons (Fsp3) is 0.0208. The van der Waals surface area contributed by atoms with Gasteiger partial charge in [0.05, 0.1) is 0 Å². The van der Waals surface area contributed by atoms with Crippen molar-refractivity contribution in [2.24, 2.45) is 0 Å². The summed E-state index contributed by atoms with van der Waals surface area (Å²) in [5.41, 5.74) is 0.636. The maximum Gasteiger partial charge on any atom is 0.276 e. The Morgan fingerprint density at radius 1 is 0.456 bits per heavy atom. The van der Waals surface area contributed by atoms with E-state index in [-0.39, 0.29) is 26.6 Å². The average molecular weight is 1190 g/mol. The third kappa shape index (κ3) is 12.1. The van der Waals surface area contributed by atoms with Crippen LogP contribution in [0, 0.1) is 17.7 Å². The van der Waals surface area contributed by atoms with E-state index in [2.05, 4.69) is 202 Å². The van der Waals surface area contributed by atoms with E-state index in [0.29, 0.717) is 10.8 Å². The Kier molecular flexibility index (Phi) is 18.7. The van der Waals surface area contributed by atoms with Gasteiger partial charge in [-0.3, -0.25) is 8.78 Å². The van der Waals surface area contributed by atoms with Gasteiger partial charge in [0, 0.05) is 38.9 Å². The van der Waals surface area contributed by atoms with Gasteiger partial charge in [-0.2, -0.15) is 0 Å². The molecule has 7 aromatic carbocycles. The first-order chi connectivity index (χ1) is 27.7. The molecule has 0 unspecified atom stereocenters. The standard InChI is InChI=1S/C37H31P3.C11H6F2N.Au.ClH.Pt/c1-7-19-31(20-8-1)38(32-21-9-2-10-22-32)37(39(33-23-11-3-12-24-33)34-25-13-4-14-26-34)40(35-27-15-5-16-28-35)36-29-17-6-18-30-36;12-8-4-5-9(10(13)7-8)11-3-1-2-6-14-11;;;/h1-30,37H;1-4,6-7H;;1H;/q;-1;+1;;/p+2. The summed E-state index contributed by atoms with van der Waals surface area (Å²) in [7, 11) is 0.883. The second kappa shape index (κ2) is 23.8. The summed E-state index contributed by atoms with van der Waals surface area (Å²) >= 11 is 1.75. The second-order valence-electron chi connectivity index (χ2n) is 12.6. The van der Waals surface area contributed by atoms with Crippen LogP contribution < -0.4 is 31.8 Å². The molecular formula is C48H40AuClF2NP3Pt+2. The van der Waals surface area contributed by atoms with Crippen LogP contribution in [0.4, 0.5) is 8.78 Å².